The van der Waals surface area contributed by atoms with E-state index in [1.165, 1.54) is 11.3 Å². The predicted octanol–water partition coefficient (Wildman–Crippen LogP) is 0.925. The molecule has 0 unspecified atom stereocenters. The number of nitrogens with zero attached hydrogens (tertiary/aromatic N) is 2. The Labute approximate surface area is 164 Å². The van der Waals surface area contributed by atoms with Gasteiger partial charge in [0.1, 0.15) is 6.04 Å². The van der Waals surface area contributed by atoms with E-state index in [2.05, 4.69) is 15.5 Å². The predicted molar refractivity (Wildman–Crippen MR) is 105 cm³/mol. The molecule has 2 aliphatic rings. The number of thiophene rings is 1. The van der Waals surface area contributed by atoms with Crippen LogP contribution in [0, 0.1) is 5.92 Å². The lowest BCUT2D eigenvalue weighted by Crippen LogP contribution is -2.57. The average molecular weight is 393 g/mol. The van der Waals surface area contributed by atoms with Gasteiger partial charge in [-0.2, -0.15) is 0 Å². The van der Waals surface area contributed by atoms with Crippen molar-refractivity contribution in [1.29, 1.82) is 0 Å². The lowest BCUT2D eigenvalue weighted by molar-refractivity contribution is -0.136. The van der Waals surface area contributed by atoms with Gasteiger partial charge in [-0.3, -0.25) is 19.3 Å². The molecule has 0 spiro atoms. The number of carbonyl (C=O) groups excluding carboxylic acids is 3. The minimum absolute atomic E-state index is 0.00348. The maximum absolute atomic E-state index is 12.9. The molecular weight excluding hydrogens is 364 g/mol. The first kappa shape index (κ1) is 19.8. The molecule has 3 amide bonds. The normalized spacial score (nSPS) is 19.0. The maximum Gasteiger partial charge on any atom is 0.262 e. The Morgan fingerprint density at radius 2 is 1.89 bits per heavy atom. The van der Waals surface area contributed by atoms with Gasteiger partial charge in [-0.05, 0) is 30.2 Å². The summed E-state index contributed by atoms with van der Waals surface area (Å²) >= 11 is 1.36. The highest BCUT2D eigenvalue weighted by Crippen LogP contribution is 2.18. The van der Waals surface area contributed by atoms with E-state index in [9.17, 15) is 14.4 Å². The molecule has 1 aromatic rings. The Bertz CT molecular complexity index is 665. The number of hydrogen-bond acceptors (Lipinski definition) is 5. The molecule has 1 aliphatic carbocycles. The van der Waals surface area contributed by atoms with E-state index < -0.39 is 6.04 Å². The van der Waals surface area contributed by atoms with Gasteiger partial charge in [-0.1, -0.05) is 19.9 Å². The standard InChI is InChI=1S/C19H28N4O3S/c1-13(2)17(21-18(25)15-4-3-11-27-15)19(26)23-9-7-22(8-10-23)12-16(24)20-14-5-6-14/h3-4,11,13-14,17H,5-10,12H2,1-2H3,(H,20,24)(H,21,25)/t17-/m1/s1. The van der Waals surface area contributed by atoms with Gasteiger partial charge in [-0.15, -0.1) is 11.3 Å². The summed E-state index contributed by atoms with van der Waals surface area (Å²) in [7, 11) is 0. The third kappa shape index (κ3) is 5.52. The van der Waals surface area contributed by atoms with Crippen LogP contribution >= 0.6 is 11.3 Å². The molecule has 2 heterocycles. The van der Waals surface area contributed by atoms with Crippen molar-refractivity contribution in [2.24, 2.45) is 5.92 Å². The number of piperazine rings is 1. The highest BCUT2D eigenvalue weighted by atomic mass is 32.1. The van der Waals surface area contributed by atoms with Crippen LogP contribution in [0.2, 0.25) is 0 Å². The number of amides is 3. The van der Waals surface area contributed by atoms with Gasteiger partial charge < -0.3 is 15.5 Å². The summed E-state index contributed by atoms with van der Waals surface area (Å²) in [5.74, 6) is -0.172. The molecule has 148 valence electrons. The van der Waals surface area contributed by atoms with Crippen LogP contribution in [0.15, 0.2) is 17.5 Å². The number of nitrogens with one attached hydrogen (secondary N) is 2. The Morgan fingerprint density at radius 3 is 2.44 bits per heavy atom. The van der Waals surface area contributed by atoms with Gasteiger partial charge in [0.05, 0.1) is 11.4 Å². The lowest BCUT2D eigenvalue weighted by atomic mass is 10.0. The van der Waals surface area contributed by atoms with Crippen molar-refractivity contribution in [3.63, 3.8) is 0 Å². The Hall–Kier alpha value is -1.93. The highest BCUT2D eigenvalue weighted by Gasteiger charge is 2.32. The smallest absolute Gasteiger partial charge is 0.262 e. The van der Waals surface area contributed by atoms with Gasteiger partial charge in [0.15, 0.2) is 0 Å². The molecule has 1 saturated carbocycles. The van der Waals surface area contributed by atoms with E-state index in [0.29, 0.717) is 43.6 Å². The fourth-order valence-electron chi connectivity index (χ4n) is 3.16. The van der Waals surface area contributed by atoms with Crippen molar-refractivity contribution in [3.8, 4) is 0 Å². The molecule has 7 nitrogen and oxygen atoms in total. The Kier molecular flexibility index (Phi) is 6.49. The Balaban J connectivity index is 1.49. The van der Waals surface area contributed by atoms with E-state index in [1.807, 2.05) is 25.3 Å². The summed E-state index contributed by atoms with van der Waals surface area (Å²) in [4.78, 5) is 41.7. The van der Waals surface area contributed by atoms with Gasteiger partial charge in [0.2, 0.25) is 11.8 Å². The number of carbonyl (C=O) groups is 3. The van der Waals surface area contributed by atoms with Crippen molar-refractivity contribution < 1.29 is 14.4 Å². The summed E-state index contributed by atoms with van der Waals surface area (Å²) in [5, 5.41) is 7.73. The SMILES string of the molecule is CC(C)[C@@H](NC(=O)c1cccs1)C(=O)N1CCN(CC(=O)NC2CC2)CC1. The van der Waals surface area contributed by atoms with Crippen LogP contribution in [0.25, 0.3) is 0 Å². The second kappa shape index (κ2) is 8.84. The third-order valence-corrected chi connectivity index (χ3v) is 5.83. The molecule has 3 rings (SSSR count). The van der Waals surface area contributed by atoms with Crippen LogP contribution < -0.4 is 10.6 Å². The summed E-state index contributed by atoms with van der Waals surface area (Å²) in [6, 6.07) is 3.42. The topological polar surface area (TPSA) is 81.8 Å². The zero-order chi connectivity index (χ0) is 19.4. The molecule has 1 saturated heterocycles. The van der Waals surface area contributed by atoms with Gasteiger partial charge in [0, 0.05) is 32.2 Å². The summed E-state index contributed by atoms with van der Waals surface area (Å²) in [5.41, 5.74) is 0. The molecule has 0 aromatic carbocycles. The fraction of sp³-hybridized carbons (Fsp3) is 0.632. The van der Waals surface area contributed by atoms with Crippen LogP contribution in [-0.2, 0) is 9.59 Å². The van der Waals surface area contributed by atoms with Crippen molar-refractivity contribution in [2.45, 2.75) is 38.8 Å². The van der Waals surface area contributed by atoms with E-state index in [0.717, 1.165) is 12.8 Å². The number of rotatable bonds is 7. The molecule has 2 fully saturated rings. The van der Waals surface area contributed by atoms with Crippen molar-refractivity contribution >= 4 is 29.1 Å². The Morgan fingerprint density at radius 1 is 1.19 bits per heavy atom. The van der Waals surface area contributed by atoms with Crippen LogP contribution in [0.5, 0.6) is 0 Å². The molecule has 0 bridgehead atoms. The molecule has 8 heteroatoms. The van der Waals surface area contributed by atoms with Crippen LogP contribution in [0.1, 0.15) is 36.4 Å². The first-order valence-electron chi connectivity index (χ1n) is 9.59. The monoisotopic (exact) mass is 392 g/mol. The first-order valence-corrected chi connectivity index (χ1v) is 10.5. The van der Waals surface area contributed by atoms with E-state index in [4.69, 9.17) is 0 Å². The van der Waals surface area contributed by atoms with E-state index in [1.54, 1.807) is 11.0 Å². The van der Waals surface area contributed by atoms with Gasteiger partial charge >= 0.3 is 0 Å². The van der Waals surface area contributed by atoms with E-state index >= 15 is 0 Å². The zero-order valence-corrected chi connectivity index (χ0v) is 16.8. The molecule has 1 atom stereocenters. The van der Waals surface area contributed by atoms with Gasteiger partial charge in [0.25, 0.3) is 5.91 Å². The summed E-state index contributed by atoms with van der Waals surface area (Å²) in [6.45, 7) is 6.77. The van der Waals surface area contributed by atoms with Crippen LogP contribution in [0.4, 0.5) is 0 Å². The second-order valence-corrected chi connectivity index (χ2v) is 8.56. The molecule has 0 radical (unpaired) electrons. The van der Waals surface area contributed by atoms with Gasteiger partial charge in [-0.25, -0.2) is 0 Å². The summed E-state index contributed by atoms with van der Waals surface area (Å²) < 4.78 is 0. The summed E-state index contributed by atoms with van der Waals surface area (Å²) in [6.07, 6.45) is 2.17. The first-order chi connectivity index (χ1) is 12.9. The molecule has 1 aliphatic heterocycles. The van der Waals surface area contributed by atoms with Crippen molar-refractivity contribution in [2.75, 3.05) is 32.7 Å². The minimum atomic E-state index is -0.538. The van der Waals surface area contributed by atoms with Crippen molar-refractivity contribution in [1.82, 2.24) is 20.4 Å². The van der Waals surface area contributed by atoms with Crippen molar-refractivity contribution in [3.05, 3.63) is 22.4 Å². The molecule has 27 heavy (non-hydrogen) atoms. The van der Waals surface area contributed by atoms with Crippen LogP contribution in [0.3, 0.4) is 0 Å². The fourth-order valence-corrected chi connectivity index (χ4v) is 3.79. The quantitative estimate of drug-likeness (QED) is 0.723. The zero-order valence-electron chi connectivity index (χ0n) is 15.9. The number of hydrogen-bond donors (Lipinski definition) is 2. The van der Waals surface area contributed by atoms with E-state index in [-0.39, 0.29) is 23.6 Å². The van der Waals surface area contributed by atoms with Crippen LogP contribution in [-0.4, -0.2) is 72.3 Å². The highest BCUT2D eigenvalue weighted by molar-refractivity contribution is 7.12. The molecular formula is C19H28N4O3S. The average Bonchev–Trinajstić information content (AvgIpc) is 3.27. The maximum atomic E-state index is 12.9. The third-order valence-electron chi connectivity index (χ3n) is 4.96. The molecule has 2 N–H and O–H groups in total. The minimum Gasteiger partial charge on any atom is -0.352 e. The lowest BCUT2D eigenvalue weighted by Gasteiger charge is -2.37. The molecule has 1 aromatic heterocycles. The second-order valence-electron chi connectivity index (χ2n) is 7.62. The largest absolute Gasteiger partial charge is 0.352 e.